The Morgan fingerprint density at radius 2 is 2.28 bits per heavy atom. The number of hydrogen-bond donors (Lipinski definition) is 2. The van der Waals surface area contributed by atoms with Gasteiger partial charge in [-0.3, -0.25) is 20.0 Å². The minimum Gasteiger partial charge on any atom is -0.317 e. The summed E-state index contributed by atoms with van der Waals surface area (Å²) < 4.78 is 13.4. The predicted octanol–water partition coefficient (Wildman–Crippen LogP) is 1.10. The lowest BCUT2D eigenvalue weighted by Crippen LogP contribution is -2.14. The highest BCUT2D eigenvalue weighted by Crippen LogP contribution is 2.20. The van der Waals surface area contributed by atoms with Crippen LogP contribution < -0.4 is 5.32 Å². The van der Waals surface area contributed by atoms with Crippen LogP contribution in [0.3, 0.4) is 0 Å². The van der Waals surface area contributed by atoms with Crippen LogP contribution in [0.15, 0.2) is 24.5 Å². The number of nitrogens with zero attached hydrogens (tertiary/aromatic N) is 3. The first-order valence-electron chi connectivity index (χ1n) is 4.68. The Kier molecular flexibility index (Phi) is 2.96. The minimum atomic E-state index is -0.905. The van der Waals surface area contributed by atoms with Gasteiger partial charge in [0, 0.05) is 6.07 Å². The number of carbonyl (C=O) groups is 1. The topological polar surface area (TPSA) is 114 Å². The van der Waals surface area contributed by atoms with Gasteiger partial charge in [-0.05, 0) is 6.07 Å². The molecular formula is C9H6FN5O3. The second-order valence-electron chi connectivity index (χ2n) is 3.21. The molecule has 2 N–H and O–H groups in total. The molecule has 0 radical (unpaired) electrons. The molecule has 1 heterocycles. The second-order valence-corrected chi connectivity index (χ2v) is 3.21. The maximum absolute atomic E-state index is 13.4. The summed E-state index contributed by atoms with van der Waals surface area (Å²) in [6, 6.07) is 2.90. The van der Waals surface area contributed by atoms with Crippen molar-refractivity contribution in [1.29, 1.82) is 0 Å². The van der Waals surface area contributed by atoms with Crippen molar-refractivity contribution in [2.75, 3.05) is 5.32 Å². The Hall–Kier alpha value is -2.84. The summed E-state index contributed by atoms with van der Waals surface area (Å²) in [6.07, 6.45) is 1.13. The maximum atomic E-state index is 13.4. The Balaban J connectivity index is 2.20. The molecule has 0 saturated carbocycles. The fourth-order valence-electron chi connectivity index (χ4n) is 1.22. The zero-order chi connectivity index (χ0) is 13.1. The maximum Gasteiger partial charge on any atom is 0.293 e. The molecule has 0 unspecified atom stereocenters. The second kappa shape index (κ2) is 4.57. The zero-order valence-electron chi connectivity index (χ0n) is 8.75. The van der Waals surface area contributed by atoms with E-state index in [4.69, 9.17) is 0 Å². The van der Waals surface area contributed by atoms with Crippen molar-refractivity contribution >= 4 is 17.3 Å². The van der Waals surface area contributed by atoms with Crippen molar-refractivity contribution in [2.45, 2.75) is 0 Å². The van der Waals surface area contributed by atoms with Gasteiger partial charge in [0.05, 0.1) is 16.7 Å². The normalized spacial score (nSPS) is 10.1. The molecule has 0 aliphatic heterocycles. The molecular weight excluding hydrogens is 245 g/mol. The van der Waals surface area contributed by atoms with Gasteiger partial charge in [-0.15, -0.1) is 0 Å². The molecule has 2 rings (SSSR count). The molecule has 0 aliphatic carbocycles. The molecule has 0 bridgehead atoms. The highest BCUT2D eigenvalue weighted by Gasteiger charge is 2.14. The van der Waals surface area contributed by atoms with Gasteiger partial charge in [-0.2, -0.15) is 5.10 Å². The number of carbonyl (C=O) groups excluding carboxylic acids is 1. The van der Waals surface area contributed by atoms with Crippen LogP contribution in [-0.4, -0.2) is 26.0 Å². The van der Waals surface area contributed by atoms with E-state index in [-0.39, 0.29) is 11.5 Å². The summed E-state index contributed by atoms with van der Waals surface area (Å²) >= 11 is 0. The molecule has 0 fully saturated rings. The first-order valence-corrected chi connectivity index (χ1v) is 4.68. The quantitative estimate of drug-likeness (QED) is 0.626. The standard InChI is InChI=1S/C9H6FN5O3/c10-6-3-5(15(17)18)1-2-7(6)13-9(16)8-11-4-12-14-8/h1-4H,(H,13,16)(H,11,12,14). The van der Waals surface area contributed by atoms with E-state index in [9.17, 15) is 19.3 Å². The number of halogens is 1. The smallest absolute Gasteiger partial charge is 0.293 e. The Labute approximate surface area is 99.0 Å². The van der Waals surface area contributed by atoms with Gasteiger partial charge in [0.25, 0.3) is 11.6 Å². The van der Waals surface area contributed by atoms with Crippen LogP contribution in [0, 0.1) is 15.9 Å². The van der Waals surface area contributed by atoms with Gasteiger partial charge in [0.1, 0.15) is 6.33 Å². The van der Waals surface area contributed by atoms with Crippen molar-refractivity contribution in [1.82, 2.24) is 15.2 Å². The van der Waals surface area contributed by atoms with Gasteiger partial charge in [0.15, 0.2) is 5.82 Å². The Morgan fingerprint density at radius 3 is 2.83 bits per heavy atom. The lowest BCUT2D eigenvalue weighted by Gasteiger charge is -2.03. The monoisotopic (exact) mass is 251 g/mol. The van der Waals surface area contributed by atoms with Gasteiger partial charge in [-0.25, -0.2) is 9.37 Å². The number of nitro groups is 1. The van der Waals surface area contributed by atoms with Crippen LogP contribution in [0.1, 0.15) is 10.6 Å². The number of aromatic nitrogens is 3. The molecule has 18 heavy (non-hydrogen) atoms. The molecule has 9 heteroatoms. The molecule has 0 saturated heterocycles. The molecule has 0 aliphatic rings. The third-order valence-electron chi connectivity index (χ3n) is 2.04. The van der Waals surface area contributed by atoms with Crippen LogP contribution in [0.4, 0.5) is 15.8 Å². The summed E-state index contributed by atoms with van der Waals surface area (Å²) in [4.78, 5) is 24.7. The van der Waals surface area contributed by atoms with Crippen molar-refractivity contribution in [3.8, 4) is 0 Å². The lowest BCUT2D eigenvalue weighted by molar-refractivity contribution is -0.385. The molecule has 2 aromatic rings. The molecule has 92 valence electrons. The van der Waals surface area contributed by atoms with Gasteiger partial charge >= 0.3 is 0 Å². The number of anilines is 1. The number of non-ortho nitro benzene ring substituents is 1. The highest BCUT2D eigenvalue weighted by molar-refractivity contribution is 6.01. The van der Waals surface area contributed by atoms with E-state index in [1.54, 1.807) is 0 Å². The number of hydrogen-bond acceptors (Lipinski definition) is 5. The lowest BCUT2D eigenvalue weighted by atomic mass is 10.2. The molecule has 0 atom stereocenters. The highest BCUT2D eigenvalue weighted by atomic mass is 19.1. The van der Waals surface area contributed by atoms with Crippen LogP contribution in [-0.2, 0) is 0 Å². The number of rotatable bonds is 3. The van der Waals surface area contributed by atoms with Crippen LogP contribution in [0.5, 0.6) is 0 Å². The number of benzene rings is 1. The summed E-state index contributed by atoms with van der Waals surface area (Å²) in [5.41, 5.74) is -0.577. The van der Waals surface area contributed by atoms with E-state index < -0.39 is 22.3 Å². The van der Waals surface area contributed by atoms with Crippen molar-refractivity contribution in [3.05, 3.63) is 46.3 Å². The fourth-order valence-corrected chi connectivity index (χ4v) is 1.22. The van der Waals surface area contributed by atoms with E-state index in [0.717, 1.165) is 24.5 Å². The van der Waals surface area contributed by atoms with E-state index in [2.05, 4.69) is 20.5 Å². The number of H-pyrrole nitrogens is 1. The van der Waals surface area contributed by atoms with Crippen LogP contribution in [0.25, 0.3) is 0 Å². The number of amides is 1. The largest absolute Gasteiger partial charge is 0.317 e. The van der Waals surface area contributed by atoms with Crippen molar-refractivity contribution in [2.24, 2.45) is 0 Å². The van der Waals surface area contributed by atoms with Crippen LogP contribution >= 0.6 is 0 Å². The van der Waals surface area contributed by atoms with Gasteiger partial charge < -0.3 is 5.32 Å². The molecule has 1 aromatic carbocycles. The molecule has 0 spiro atoms. The minimum absolute atomic E-state index is 0.0900. The SMILES string of the molecule is O=C(Nc1ccc([N+](=O)[O-])cc1F)c1ncn[nH]1. The molecule has 8 nitrogen and oxygen atoms in total. The summed E-state index contributed by atoms with van der Waals surface area (Å²) in [6.45, 7) is 0. The predicted molar refractivity (Wildman–Crippen MR) is 57.4 cm³/mol. The first-order chi connectivity index (χ1) is 8.58. The summed E-state index contributed by atoms with van der Waals surface area (Å²) in [5, 5.41) is 18.4. The average molecular weight is 251 g/mol. The Morgan fingerprint density at radius 1 is 1.50 bits per heavy atom. The summed E-state index contributed by atoms with van der Waals surface area (Å²) in [7, 11) is 0. The molecule has 1 amide bonds. The average Bonchev–Trinajstić information content (AvgIpc) is 2.85. The summed E-state index contributed by atoms with van der Waals surface area (Å²) in [5.74, 6) is -1.69. The van der Waals surface area contributed by atoms with E-state index >= 15 is 0 Å². The van der Waals surface area contributed by atoms with E-state index in [1.807, 2.05) is 0 Å². The molecule has 1 aromatic heterocycles. The number of aromatic amines is 1. The van der Waals surface area contributed by atoms with E-state index in [0.29, 0.717) is 0 Å². The Bertz CT molecular complexity index is 598. The van der Waals surface area contributed by atoms with Gasteiger partial charge in [-0.1, -0.05) is 0 Å². The number of nitro benzene ring substituents is 1. The van der Waals surface area contributed by atoms with Crippen LogP contribution in [0.2, 0.25) is 0 Å². The number of nitrogens with one attached hydrogen (secondary N) is 2. The van der Waals surface area contributed by atoms with Gasteiger partial charge in [0.2, 0.25) is 5.82 Å². The van der Waals surface area contributed by atoms with E-state index in [1.165, 1.54) is 0 Å². The third kappa shape index (κ3) is 2.29. The fraction of sp³-hybridized carbons (Fsp3) is 0. The third-order valence-corrected chi connectivity index (χ3v) is 2.04. The van der Waals surface area contributed by atoms with Crippen molar-refractivity contribution < 1.29 is 14.1 Å². The van der Waals surface area contributed by atoms with Crippen molar-refractivity contribution in [3.63, 3.8) is 0 Å². The first kappa shape index (κ1) is 11.6. The zero-order valence-corrected chi connectivity index (χ0v) is 8.75.